The van der Waals surface area contributed by atoms with Crippen LogP contribution in [0.5, 0.6) is 0 Å². The molecule has 0 amide bonds. The summed E-state index contributed by atoms with van der Waals surface area (Å²) in [4.78, 5) is 6.65. The Kier molecular flexibility index (Phi) is 7.49. The number of imidazole rings is 1. The molecular formula is C22H33N3O3S. The van der Waals surface area contributed by atoms with E-state index in [9.17, 15) is 13.5 Å². The van der Waals surface area contributed by atoms with Crippen molar-refractivity contribution in [1.29, 1.82) is 0 Å². The number of rotatable bonds is 9. The number of piperidine rings is 1. The van der Waals surface area contributed by atoms with Crippen molar-refractivity contribution in [2.45, 2.75) is 63.9 Å². The van der Waals surface area contributed by atoms with Crippen molar-refractivity contribution in [1.82, 2.24) is 14.5 Å². The van der Waals surface area contributed by atoms with Gasteiger partial charge in [0.1, 0.15) is 0 Å². The molecule has 0 unspecified atom stereocenters. The Morgan fingerprint density at radius 1 is 1.17 bits per heavy atom. The molecule has 29 heavy (non-hydrogen) atoms. The molecule has 2 heterocycles. The monoisotopic (exact) mass is 419 g/mol. The minimum Gasteiger partial charge on any atom is -0.393 e. The Hall–Kier alpha value is -1.70. The van der Waals surface area contributed by atoms with E-state index in [0.29, 0.717) is 19.0 Å². The van der Waals surface area contributed by atoms with Gasteiger partial charge < -0.3 is 9.67 Å². The van der Waals surface area contributed by atoms with Crippen LogP contribution < -0.4 is 0 Å². The fourth-order valence-corrected chi connectivity index (χ4v) is 5.09. The predicted molar refractivity (Wildman–Crippen MR) is 114 cm³/mol. The third kappa shape index (κ3) is 5.47. The van der Waals surface area contributed by atoms with Crippen LogP contribution in [0.2, 0.25) is 0 Å². The van der Waals surface area contributed by atoms with E-state index in [1.807, 2.05) is 29.7 Å². The lowest BCUT2D eigenvalue weighted by Gasteiger charge is -2.34. The topological polar surface area (TPSA) is 75.4 Å². The molecule has 1 aromatic heterocycles. The van der Waals surface area contributed by atoms with Crippen molar-refractivity contribution >= 4 is 9.84 Å². The Balaban J connectivity index is 1.74. The molecule has 1 fully saturated rings. The first-order valence-corrected chi connectivity index (χ1v) is 12.3. The summed E-state index contributed by atoms with van der Waals surface area (Å²) < 4.78 is 27.0. The molecule has 1 aliphatic rings. The molecule has 3 rings (SSSR count). The smallest absolute Gasteiger partial charge is 0.227 e. The van der Waals surface area contributed by atoms with E-state index in [1.165, 1.54) is 5.56 Å². The number of sulfone groups is 1. The Morgan fingerprint density at radius 2 is 1.86 bits per heavy atom. The van der Waals surface area contributed by atoms with Gasteiger partial charge in [-0.25, -0.2) is 13.4 Å². The van der Waals surface area contributed by atoms with Crippen LogP contribution in [0, 0.1) is 5.92 Å². The molecule has 0 bridgehead atoms. The van der Waals surface area contributed by atoms with Crippen LogP contribution >= 0.6 is 0 Å². The summed E-state index contributed by atoms with van der Waals surface area (Å²) in [6.07, 6.45) is 5.03. The largest absolute Gasteiger partial charge is 0.393 e. The third-order valence-electron chi connectivity index (χ3n) is 6.01. The zero-order chi connectivity index (χ0) is 20.9. The summed E-state index contributed by atoms with van der Waals surface area (Å²) in [5, 5.41) is 10.3. The average molecular weight is 420 g/mol. The van der Waals surface area contributed by atoms with E-state index in [4.69, 9.17) is 0 Å². The van der Waals surface area contributed by atoms with Gasteiger partial charge in [-0.05, 0) is 50.3 Å². The third-order valence-corrected chi connectivity index (χ3v) is 7.65. The summed E-state index contributed by atoms with van der Waals surface area (Å²) in [5.74, 6) is 0.421. The zero-order valence-electron chi connectivity index (χ0n) is 17.5. The van der Waals surface area contributed by atoms with E-state index in [0.717, 1.165) is 44.5 Å². The average Bonchev–Trinajstić information content (AvgIpc) is 3.16. The van der Waals surface area contributed by atoms with Crippen LogP contribution in [0.4, 0.5) is 0 Å². The number of aryl methyl sites for hydroxylation is 1. The normalized spacial score (nSPS) is 17.5. The lowest BCUT2D eigenvalue weighted by atomic mass is 9.90. The number of likely N-dealkylation sites (tertiary alicyclic amines) is 1. The van der Waals surface area contributed by atoms with Gasteiger partial charge in [0.2, 0.25) is 15.0 Å². The molecule has 7 heteroatoms. The lowest BCUT2D eigenvalue weighted by molar-refractivity contribution is 0.0543. The molecule has 1 saturated heterocycles. The molecular weight excluding hydrogens is 386 g/mol. The number of hydrogen-bond donors (Lipinski definition) is 1. The van der Waals surface area contributed by atoms with Gasteiger partial charge in [-0.3, -0.25) is 4.90 Å². The number of aliphatic hydroxyl groups is 1. The Morgan fingerprint density at radius 3 is 2.48 bits per heavy atom. The summed E-state index contributed by atoms with van der Waals surface area (Å²) in [7, 11) is -3.38. The molecule has 0 aliphatic carbocycles. The molecule has 1 aliphatic heterocycles. The van der Waals surface area contributed by atoms with E-state index in [-0.39, 0.29) is 17.0 Å². The zero-order valence-corrected chi connectivity index (χ0v) is 18.3. The molecule has 2 aromatic rings. The van der Waals surface area contributed by atoms with Crippen molar-refractivity contribution in [3.05, 3.63) is 47.8 Å². The maximum atomic E-state index is 12.6. The van der Waals surface area contributed by atoms with E-state index < -0.39 is 9.84 Å². The molecule has 1 atom stereocenters. The second kappa shape index (κ2) is 9.87. The van der Waals surface area contributed by atoms with Gasteiger partial charge >= 0.3 is 0 Å². The first kappa shape index (κ1) is 22.0. The Bertz CT molecular complexity index is 872. The standard InChI is InChI=1S/C22H33N3O3S/c1-3-21(26)19-11-13-24(14-12-19)17-20-16-23-22(29(27,28)4-2)25(20)15-10-18-8-6-5-7-9-18/h5-9,16,19,21,26H,3-4,10-15,17H2,1-2H3/t21-/m0/s1. The van der Waals surface area contributed by atoms with Crippen LogP contribution in [-0.2, 0) is 29.3 Å². The van der Waals surface area contributed by atoms with Gasteiger partial charge in [0.25, 0.3) is 0 Å². The molecule has 1 aromatic carbocycles. The number of aromatic nitrogens is 2. The fourth-order valence-electron chi connectivity index (χ4n) is 4.08. The second-order valence-corrected chi connectivity index (χ2v) is 10.1. The Labute approximate surface area is 174 Å². The summed E-state index contributed by atoms with van der Waals surface area (Å²) in [6, 6.07) is 10.1. The van der Waals surface area contributed by atoms with Gasteiger partial charge in [-0.2, -0.15) is 0 Å². The fraction of sp³-hybridized carbons (Fsp3) is 0.591. The highest BCUT2D eigenvalue weighted by atomic mass is 32.2. The van der Waals surface area contributed by atoms with Crippen molar-refractivity contribution in [3.8, 4) is 0 Å². The maximum absolute atomic E-state index is 12.6. The van der Waals surface area contributed by atoms with Crippen molar-refractivity contribution in [3.63, 3.8) is 0 Å². The number of hydrogen-bond acceptors (Lipinski definition) is 5. The molecule has 1 N–H and O–H groups in total. The SMILES string of the molecule is CC[C@H](O)C1CCN(Cc2cnc(S(=O)(=O)CC)n2CCc2ccccc2)CC1. The van der Waals surface area contributed by atoms with E-state index >= 15 is 0 Å². The summed E-state index contributed by atoms with van der Waals surface area (Å²) in [6.45, 7) is 6.81. The van der Waals surface area contributed by atoms with Crippen LogP contribution in [0.15, 0.2) is 41.7 Å². The first-order chi connectivity index (χ1) is 13.9. The molecule has 6 nitrogen and oxygen atoms in total. The number of benzene rings is 1. The summed E-state index contributed by atoms with van der Waals surface area (Å²) in [5.41, 5.74) is 2.13. The minimum absolute atomic E-state index is 0.0507. The maximum Gasteiger partial charge on any atom is 0.227 e. The molecule has 0 radical (unpaired) electrons. The van der Waals surface area contributed by atoms with Gasteiger partial charge in [-0.1, -0.05) is 44.2 Å². The number of aliphatic hydroxyl groups excluding tert-OH is 1. The van der Waals surface area contributed by atoms with Crippen molar-refractivity contribution in [2.24, 2.45) is 5.92 Å². The van der Waals surface area contributed by atoms with Crippen LogP contribution in [0.1, 0.15) is 44.4 Å². The minimum atomic E-state index is -3.38. The quantitative estimate of drug-likeness (QED) is 0.676. The highest BCUT2D eigenvalue weighted by Gasteiger charge is 2.26. The highest BCUT2D eigenvalue weighted by Crippen LogP contribution is 2.24. The van der Waals surface area contributed by atoms with Gasteiger partial charge in [-0.15, -0.1) is 0 Å². The summed E-state index contributed by atoms with van der Waals surface area (Å²) >= 11 is 0. The van der Waals surface area contributed by atoms with Crippen LogP contribution in [0.25, 0.3) is 0 Å². The van der Waals surface area contributed by atoms with Crippen molar-refractivity contribution < 1.29 is 13.5 Å². The molecule has 0 saturated carbocycles. The molecule has 160 valence electrons. The van der Waals surface area contributed by atoms with E-state index in [1.54, 1.807) is 13.1 Å². The van der Waals surface area contributed by atoms with Crippen LogP contribution in [-0.4, -0.2) is 52.9 Å². The second-order valence-electron chi connectivity index (χ2n) is 7.91. The highest BCUT2D eigenvalue weighted by molar-refractivity contribution is 7.91. The van der Waals surface area contributed by atoms with Gasteiger partial charge in [0.15, 0.2) is 0 Å². The van der Waals surface area contributed by atoms with Crippen LogP contribution in [0.3, 0.4) is 0 Å². The predicted octanol–water partition coefficient (Wildman–Crippen LogP) is 2.90. The van der Waals surface area contributed by atoms with Gasteiger partial charge in [0.05, 0.1) is 23.7 Å². The molecule has 0 spiro atoms. The lowest BCUT2D eigenvalue weighted by Crippen LogP contribution is -2.37. The van der Waals surface area contributed by atoms with Gasteiger partial charge in [0, 0.05) is 13.1 Å². The number of nitrogens with zero attached hydrogens (tertiary/aromatic N) is 3. The first-order valence-electron chi connectivity index (χ1n) is 10.7. The van der Waals surface area contributed by atoms with E-state index in [2.05, 4.69) is 22.0 Å². The van der Waals surface area contributed by atoms with Crippen molar-refractivity contribution in [2.75, 3.05) is 18.8 Å².